The van der Waals surface area contributed by atoms with Crippen LogP contribution in [-0.4, -0.2) is 62.8 Å². The summed E-state index contributed by atoms with van der Waals surface area (Å²) < 4.78 is 15.4. The van der Waals surface area contributed by atoms with Crippen LogP contribution in [0.1, 0.15) is 19.4 Å². The number of likely N-dealkylation sites (tertiary alicyclic amines) is 1. The van der Waals surface area contributed by atoms with Crippen molar-refractivity contribution >= 4 is 17.9 Å². The van der Waals surface area contributed by atoms with Gasteiger partial charge in [-0.15, -0.1) is 0 Å². The predicted octanol–water partition coefficient (Wildman–Crippen LogP) is 1.44. The van der Waals surface area contributed by atoms with Crippen LogP contribution in [0.2, 0.25) is 0 Å². The SMILES string of the molecule is CCOC(=O)C1(C(=O)OCC)[C@H](Cc2ccccc2)CN(C)[C@H]1C(=O)OC. The molecule has 0 aromatic heterocycles. The average molecular weight is 377 g/mol. The van der Waals surface area contributed by atoms with Gasteiger partial charge in [-0.05, 0) is 32.9 Å². The van der Waals surface area contributed by atoms with Crippen molar-refractivity contribution in [3.63, 3.8) is 0 Å². The lowest BCUT2D eigenvalue weighted by atomic mass is 9.70. The third-order valence-electron chi connectivity index (χ3n) is 5.00. The van der Waals surface area contributed by atoms with Crippen LogP contribution in [0.5, 0.6) is 0 Å². The van der Waals surface area contributed by atoms with Crippen LogP contribution in [0.25, 0.3) is 0 Å². The standard InChI is InChI=1S/C20H27NO6/c1-5-26-18(23)20(19(24)27-6-2)15(12-14-10-8-7-9-11-14)13-21(3)16(20)17(22)25-4/h7-11,15-16H,5-6,12-13H2,1-4H3/t15-,16+/m1/s1. The summed E-state index contributed by atoms with van der Waals surface area (Å²) in [6.45, 7) is 3.86. The minimum atomic E-state index is -1.77. The molecular formula is C20H27NO6. The molecule has 7 heteroatoms. The van der Waals surface area contributed by atoms with Gasteiger partial charge in [0, 0.05) is 12.5 Å². The maximum absolute atomic E-state index is 13.1. The zero-order chi connectivity index (χ0) is 20.0. The summed E-state index contributed by atoms with van der Waals surface area (Å²) in [6.07, 6.45) is 0.427. The van der Waals surface area contributed by atoms with Crippen molar-refractivity contribution in [3.8, 4) is 0 Å². The fourth-order valence-corrected chi connectivity index (χ4v) is 3.91. The minimum Gasteiger partial charge on any atom is -0.468 e. The quantitative estimate of drug-likeness (QED) is 0.404. The molecule has 1 saturated heterocycles. The zero-order valence-electron chi connectivity index (χ0n) is 16.3. The number of rotatable bonds is 7. The molecule has 1 aliphatic rings. The fraction of sp³-hybridized carbons (Fsp3) is 0.550. The molecule has 148 valence electrons. The van der Waals surface area contributed by atoms with Gasteiger partial charge in [-0.2, -0.15) is 0 Å². The summed E-state index contributed by atoms with van der Waals surface area (Å²) >= 11 is 0. The Morgan fingerprint density at radius 3 is 2.11 bits per heavy atom. The predicted molar refractivity (Wildman–Crippen MR) is 97.8 cm³/mol. The van der Waals surface area contributed by atoms with Gasteiger partial charge < -0.3 is 14.2 Å². The van der Waals surface area contributed by atoms with E-state index in [0.29, 0.717) is 13.0 Å². The Hall–Kier alpha value is -2.41. The molecule has 27 heavy (non-hydrogen) atoms. The lowest BCUT2D eigenvalue weighted by molar-refractivity contribution is -0.182. The number of carbonyl (C=O) groups is 3. The van der Waals surface area contributed by atoms with Crippen LogP contribution >= 0.6 is 0 Å². The summed E-state index contributed by atoms with van der Waals surface area (Å²) in [5.41, 5.74) is -0.816. The van der Waals surface area contributed by atoms with Gasteiger partial charge in [-0.1, -0.05) is 30.3 Å². The van der Waals surface area contributed by atoms with Crippen molar-refractivity contribution in [2.24, 2.45) is 11.3 Å². The van der Waals surface area contributed by atoms with Crippen LogP contribution in [0.15, 0.2) is 30.3 Å². The summed E-state index contributed by atoms with van der Waals surface area (Å²) in [5.74, 6) is -2.64. The van der Waals surface area contributed by atoms with Crippen molar-refractivity contribution in [2.45, 2.75) is 26.3 Å². The van der Waals surface area contributed by atoms with Crippen LogP contribution in [0.3, 0.4) is 0 Å². The number of ether oxygens (including phenoxy) is 3. The van der Waals surface area contributed by atoms with E-state index in [2.05, 4.69) is 0 Å². The first-order chi connectivity index (χ1) is 12.9. The molecule has 1 aliphatic heterocycles. The summed E-state index contributed by atoms with van der Waals surface area (Å²) in [6, 6.07) is 8.42. The van der Waals surface area contributed by atoms with Crippen molar-refractivity contribution in [2.75, 3.05) is 33.9 Å². The maximum atomic E-state index is 13.1. The van der Waals surface area contributed by atoms with E-state index in [1.807, 2.05) is 30.3 Å². The highest BCUT2D eigenvalue weighted by Gasteiger charge is 2.68. The van der Waals surface area contributed by atoms with E-state index in [1.54, 1.807) is 25.8 Å². The molecule has 2 rings (SSSR count). The van der Waals surface area contributed by atoms with E-state index in [4.69, 9.17) is 14.2 Å². The first kappa shape index (κ1) is 20.9. The third-order valence-corrected chi connectivity index (χ3v) is 5.00. The highest BCUT2D eigenvalue weighted by atomic mass is 16.6. The lowest BCUT2D eigenvalue weighted by Crippen LogP contribution is -2.57. The molecular weight excluding hydrogens is 350 g/mol. The van der Waals surface area contributed by atoms with E-state index in [0.717, 1.165) is 5.56 Å². The van der Waals surface area contributed by atoms with Crippen LogP contribution < -0.4 is 0 Å². The molecule has 1 aromatic carbocycles. The van der Waals surface area contributed by atoms with Gasteiger partial charge in [0.25, 0.3) is 0 Å². The topological polar surface area (TPSA) is 82.1 Å². The molecule has 0 radical (unpaired) electrons. The summed E-state index contributed by atoms with van der Waals surface area (Å²) in [4.78, 5) is 40.5. The number of hydrogen-bond acceptors (Lipinski definition) is 7. The van der Waals surface area contributed by atoms with Crippen LogP contribution in [0, 0.1) is 11.3 Å². The molecule has 0 amide bonds. The van der Waals surface area contributed by atoms with Crippen molar-refractivity contribution in [1.29, 1.82) is 0 Å². The summed E-state index contributed by atoms with van der Waals surface area (Å²) in [5, 5.41) is 0. The van der Waals surface area contributed by atoms with E-state index >= 15 is 0 Å². The van der Waals surface area contributed by atoms with Gasteiger partial charge in [-0.25, -0.2) is 0 Å². The van der Waals surface area contributed by atoms with Gasteiger partial charge in [0.2, 0.25) is 0 Å². The monoisotopic (exact) mass is 377 g/mol. The molecule has 1 aromatic rings. The Morgan fingerprint density at radius 1 is 1.07 bits per heavy atom. The molecule has 0 bridgehead atoms. The summed E-state index contributed by atoms with van der Waals surface area (Å²) in [7, 11) is 2.93. The minimum absolute atomic E-state index is 0.0929. The van der Waals surface area contributed by atoms with Crippen molar-refractivity contribution in [1.82, 2.24) is 4.90 Å². The Bertz CT molecular complexity index is 656. The van der Waals surface area contributed by atoms with E-state index in [-0.39, 0.29) is 13.2 Å². The van der Waals surface area contributed by atoms with Crippen molar-refractivity contribution < 1.29 is 28.6 Å². The van der Waals surface area contributed by atoms with Crippen LogP contribution in [-0.2, 0) is 35.0 Å². The number of carbonyl (C=O) groups excluding carboxylic acids is 3. The second-order valence-electron chi connectivity index (χ2n) is 6.56. The van der Waals surface area contributed by atoms with Crippen molar-refractivity contribution in [3.05, 3.63) is 35.9 Å². The second kappa shape index (κ2) is 8.99. The molecule has 0 N–H and O–H groups in total. The third kappa shape index (κ3) is 3.83. The van der Waals surface area contributed by atoms with E-state index in [1.165, 1.54) is 7.11 Å². The first-order valence-electron chi connectivity index (χ1n) is 9.09. The molecule has 0 unspecified atom stereocenters. The number of methoxy groups -OCH3 is 1. The van der Waals surface area contributed by atoms with Crippen LogP contribution in [0.4, 0.5) is 0 Å². The molecule has 7 nitrogen and oxygen atoms in total. The normalized spacial score (nSPS) is 21.5. The first-order valence-corrected chi connectivity index (χ1v) is 9.09. The smallest absolute Gasteiger partial charge is 0.326 e. The molecule has 0 spiro atoms. The van der Waals surface area contributed by atoms with Gasteiger partial charge >= 0.3 is 17.9 Å². The van der Waals surface area contributed by atoms with Gasteiger partial charge in [0.05, 0.1) is 20.3 Å². The van der Waals surface area contributed by atoms with E-state index in [9.17, 15) is 14.4 Å². The number of nitrogens with zero attached hydrogens (tertiary/aromatic N) is 1. The zero-order valence-corrected chi connectivity index (χ0v) is 16.3. The molecule has 0 saturated carbocycles. The molecule has 0 aliphatic carbocycles. The molecule has 1 heterocycles. The number of benzene rings is 1. The largest absolute Gasteiger partial charge is 0.468 e. The number of esters is 3. The Labute approximate surface area is 159 Å². The molecule has 1 fully saturated rings. The highest BCUT2D eigenvalue weighted by Crippen LogP contribution is 2.45. The highest BCUT2D eigenvalue weighted by molar-refractivity contribution is 6.06. The van der Waals surface area contributed by atoms with Gasteiger partial charge in [0.15, 0.2) is 5.41 Å². The Balaban J connectivity index is 2.59. The number of hydrogen-bond donors (Lipinski definition) is 0. The second-order valence-corrected chi connectivity index (χ2v) is 6.56. The Morgan fingerprint density at radius 2 is 1.63 bits per heavy atom. The fourth-order valence-electron chi connectivity index (χ4n) is 3.91. The Kier molecular flexibility index (Phi) is 6.96. The number of likely N-dealkylation sites (N-methyl/N-ethyl adjacent to an activating group) is 1. The molecule has 2 atom stereocenters. The van der Waals surface area contributed by atoms with Gasteiger partial charge in [0.1, 0.15) is 6.04 Å². The lowest BCUT2D eigenvalue weighted by Gasteiger charge is -2.34. The maximum Gasteiger partial charge on any atom is 0.326 e. The van der Waals surface area contributed by atoms with Gasteiger partial charge in [-0.3, -0.25) is 19.3 Å². The van der Waals surface area contributed by atoms with E-state index < -0.39 is 35.3 Å². The average Bonchev–Trinajstić information content (AvgIpc) is 2.95.